The first-order valence-electron chi connectivity index (χ1n) is 8.01. The second kappa shape index (κ2) is 8.68. The Morgan fingerprint density at radius 1 is 1.32 bits per heavy atom. The van der Waals surface area contributed by atoms with Gasteiger partial charge in [-0.3, -0.25) is 14.6 Å². The van der Waals surface area contributed by atoms with Crippen LogP contribution < -0.4 is 16.0 Å². The zero-order valence-electron chi connectivity index (χ0n) is 14.4. The largest absolute Gasteiger partial charge is 0.466 e. The molecule has 0 saturated carbocycles. The van der Waals surface area contributed by atoms with Crippen LogP contribution in [0, 0.1) is 0 Å². The number of aromatic nitrogens is 1. The van der Waals surface area contributed by atoms with Gasteiger partial charge in [-0.25, -0.2) is 0 Å². The first-order valence-corrected chi connectivity index (χ1v) is 8.01. The van der Waals surface area contributed by atoms with E-state index in [2.05, 4.69) is 10.3 Å². The Kier molecular flexibility index (Phi) is 6.33. The summed E-state index contributed by atoms with van der Waals surface area (Å²) in [6.07, 6.45) is 3.30. The molecule has 132 valence electrons. The molecule has 1 amide bonds. The molecule has 1 aromatic heterocycles. The third-order valence-electron chi connectivity index (χ3n) is 3.62. The minimum Gasteiger partial charge on any atom is -0.466 e. The lowest BCUT2D eigenvalue weighted by molar-refractivity contribution is -0.142. The fraction of sp³-hybridized carbons (Fsp3) is 0.278. The maximum absolute atomic E-state index is 12.9. The van der Waals surface area contributed by atoms with Gasteiger partial charge in [0.2, 0.25) is 0 Å². The first-order chi connectivity index (χ1) is 12.1. The summed E-state index contributed by atoms with van der Waals surface area (Å²) < 4.78 is 4.94. The highest BCUT2D eigenvalue weighted by Gasteiger charge is 2.20. The lowest BCUT2D eigenvalue weighted by Gasteiger charge is -2.22. The van der Waals surface area contributed by atoms with Crippen LogP contribution in [-0.2, 0) is 9.53 Å². The van der Waals surface area contributed by atoms with E-state index in [1.165, 1.54) is 4.90 Å². The van der Waals surface area contributed by atoms with Gasteiger partial charge in [0.25, 0.3) is 5.91 Å². The number of carbonyl (C=O) groups is 2. The van der Waals surface area contributed by atoms with Crippen molar-refractivity contribution in [1.82, 2.24) is 4.98 Å². The maximum Gasteiger partial charge on any atom is 0.307 e. The number of hydrogen-bond acceptors (Lipinski definition) is 6. The molecule has 1 aromatic carbocycles. The normalized spacial score (nSPS) is 10.2. The highest BCUT2D eigenvalue weighted by molar-refractivity contribution is 6.07. The maximum atomic E-state index is 12.9. The molecule has 2 rings (SSSR count). The third kappa shape index (κ3) is 4.69. The number of nitrogens with zero attached hydrogens (tertiary/aromatic N) is 2. The number of pyridine rings is 1. The van der Waals surface area contributed by atoms with Crippen molar-refractivity contribution in [3.63, 3.8) is 0 Å². The second-order valence-electron chi connectivity index (χ2n) is 5.28. The minimum absolute atomic E-state index is 0.0958. The van der Waals surface area contributed by atoms with E-state index in [0.717, 1.165) is 5.69 Å². The number of ether oxygens (including phenoxy) is 1. The number of carbonyl (C=O) groups excluding carboxylic acids is 2. The van der Waals surface area contributed by atoms with Gasteiger partial charge in [0.05, 0.1) is 36.3 Å². The molecule has 1 heterocycles. The second-order valence-corrected chi connectivity index (χ2v) is 5.28. The monoisotopic (exact) mass is 342 g/mol. The summed E-state index contributed by atoms with van der Waals surface area (Å²) in [7, 11) is 1.76. The lowest BCUT2D eigenvalue weighted by Crippen LogP contribution is -2.33. The predicted octanol–water partition coefficient (Wildman–Crippen LogP) is 2.31. The van der Waals surface area contributed by atoms with E-state index in [1.54, 1.807) is 56.7 Å². The molecule has 0 bridgehead atoms. The van der Waals surface area contributed by atoms with Crippen LogP contribution in [0.5, 0.6) is 0 Å². The van der Waals surface area contributed by atoms with E-state index < -0.39 is 0 Å². The Balaban J connectivity index is 2.26. The molecular weight excluding hydrogens is 320 g/mol. The van der Waals surface area contributed by atoms with Crippen molar-refractivity contribution >= 4 is 28.9 Å². The number of nitrogens with two attached hydrogens (primary N) is 1. The molecule has 7 heteroatoms. The Labute approximate surface area is 146 Å². The van der Waals surface area contributed by atoms with Crippen molar-refractivity contribution in [2.24, 2.45) is 0 Å². The van der Waals surface area contributed by atoms with Crippen LogP contribution in [0.15, 0.2) is 42.7 Å². The number of rotatable bonds is 7. The molecule has 25 heavy (non-hydrogen) atoms. The van der Waals surface area contributed by atoms with Crippen molar-refractivity contribution in [3.8, 4) is 0 Å². The number of amides is 1. The summed E-state index contributed by atoms with van der Waals surface area (Å²) >= 11 is 0. The molecule has 0 atom stereocenters. The van der Waals surface area contributed by atoms with Crippen LogP contribution in [-0.4, -0.2) is 37.1 Å². The fourth-order valence-corrected chi connectivity index (χ4v) is 2.38. The molecule has 0 saturated heterocycles. The van der Waals surface area contributed by atoms with Gasteiger partial charge in [-0.15, -0.1) is 0 Å². The van der Waals surface area contributed by atoms with E-state index in [4.69, 9.17) is 10.5 Å². The summed E-state index contributed by atoms with van der Waals surface area (Å²) in [4.78, 5) is 30.2. The summed E-state index contributed by atoms with van der Waals surface area (Å²) in [5.74, 6) is -0.610. The van der Waals surface area contributed by atoms with E-state index in [1.807, 2.05) is 0 Å². The number of nitrogens with one attached hydrogen (secondary N) is 1. The van der Waals surface area contributed by atoms with Crippen LogP contribution in [0.2, 0.25) is 0 Å². The van der Waals surface area contributed by atoms with Gasteiger partial charge in [-0.2, -0.15) is 0 Å². The van der Waals surface area contributed by atoms with Gasteiger partial charge in [-0.1, -0.05) is 0 Å². The van der Waals surface area contributed by atoms with Gasteiger partial charge >= 0.3 is 5.97 Å². The summed E-state index contributed by atoms with van der Waals surface area (Å²) in [5.41, 5.74) is 8.21. The molecule has 3 N–H and O–H groups in total. The molecular formula is C18H22N4O3. The van der Waals surface area contributed by atoms with Crippen LogP contribution >= 0.6 is 0 Å². The van der Waals surface area contributed by atoms with Gasteiger partial charge in [0, 0.05) is 25.4 Å². The van der Waals surface area contributed by atoms with Crippen molar-refractivity contribution in [1.29, 1.82) is 0 Å². The van der Waals surface area contributed by atoms with Crippen LogP contribution in [0.25, 0.3) is 0 Å². The van der Waals surface area contributed by atoms with Gasteiger partial charge in [0.1, 0.15) is 0 Å². The van der Waals surface area contributed by atoms with Crippen LogP contribution in [0.4, 0.5) is 17.1 Å². The lowest BCUT2D eigenvalue weighted by atomic mass is 10.1. The average Bonchev–Trinajstić information content (AvgIpc) is 2.62. The Bertz CT molecular complexity index is 734. The molecule has 0 fully saturated rings. The smallest absolute Gasteiger partial charge is 0.307 e. The number of benzene rings is 1. The van der Waals surface area contributed by atoms with Crippen LogP contribution in [0.1, 0.15) is 23.7 Å². The number of nitrogen functional groups attached to an aromatic ring is 1. The van der Waals surface area contributed by atoms with Gasteiger partial charge < -0.3 is 20.7 Å². The first kappa shape index (κ1) is 18.3. The topological polar surface area (TPSA) is 97.5 Å². The summed E-state index contributed by atoms with van der Waals surface area (Å²) in [6.45, 7) is 2.24. The van der Waals surface area contributed by atoms with E-state index in [0.29, 0.717) is 23.5 Å². The number of hydrogen-bond donors (Lipinski definition) is 2. The van der Waals surface area contributed by atoms with E-state index in [-0.39, 0.29) is 24.8 Å². The third-order valence-corrected chi connectivity index (χ3v) is 3.62. The van der Waals surface area contributed by atoms with Crippen LogP contribution in [0.3, 0.4) is 0 Å². The summed E-state index contributed by atoms with van der Waals surface area (Å²) in [6, 6.07) is 8.55. The van der Waals surface area contributed by atoms with Crippen molar-refractivity contribution < 1.29 is 14.3 Å². The molecule has 0 aliphatic heterocycles. The van der Waals surface area contributed by atoms with Crippen molar-refractivity contribution in [3.05, 3.63) is 48.3 Å². The molecule has 2 aromatic rings. The zero-order valence-corrected chi connectivity index (χ0v) is 14.4. The predicted molar refractivity (Wildman–Crippen MR) is 97.6 cm³/mol. The standard InChI is InChI=1S/C18H22N4O3/c1-3-25-17(23)8-10-22(14-5-4-9-21-12-14)18(24)13-6-7-16(20-2)15(19)11-13/h4-7,9,11-12,20H,3,8,10,19H2,1-2H3. The van der Waals surface area contributed by atoms with Gasteiger partial charge in [-0.05, 0) is 37.3 Å². The zero-order chi connectivity index (χ0) is 18.2. The van der Waals surface area contributed by atoms with Gasteiger partial charge in [0.15, 0.2) is 0 Å². The van der Waals surface area contributed by atoms with E-state index in [9.17, 15) is 9.59 Å². The van der Waals surface area contributed by atoms with Crippen molar-refractivity contribution in [2.45, 2.75) is 13.3 Å². The molecule has 7 nitrogen and oxygen atoms in total. The number of anilines is 3. The van der Waals surface area contributed by atoms with Crippen molar-refractivity contribution in [2.75, 3.05) is 36.1 Å². The fourth-order valence-electron chi connectivity index (χ4n) is 2.38. The molecule has 0 radical (unpaired) electrons. The van der Waals surface area contributed by atoms with E-state index >= 15 is 0 Å². The number of esters is 1. The average molecular weight is 342 g/mol. The Hall–Kier alpha value is -3.09. The Morgan fingerprint density at radius 2 is 2.12 bits per heavy atom. The quantitative estimate of drug-likeness (QED) is 0.592. The SMILES string of the molecule is CCOC(=O)CCN(C(=O)c1ccc(NC)c(N)c1)c1cccnc1. The molecule has 0 aliphatic carbocycles. The highest BCUT2D eigenvalue weighted by Crippen LogP contribution is 2.22. The minimum atomic E-state index is -0.353. The molecule has 0 spiro atoms. The molecule has 0 aliphatic rings. The Morgan fingerprint density at radius 3 is 2.72 bits per heavy atom. The molecule has 0 unspecified atom stereocenters. The highest BCUT2D eigenvalue weighted by atomic mass is 16.5. The summed E-state index contributed by atoms with van der Waals surface area (Å²) in [5, 5.41) is 2.96.